The molecule has 0 saturated heterocycles. The Morgan fingerprint density at radius 2 is 1.50 bits per heavy atom. The van der Waals surface area contributed by atoms with E-state index >= 15 is 0 Å². The highest BCUT2D eigenvalue weighted by atomic mass is 35.5. The third-order valence-electron chi connectivity index (χ3n) is 2.17. The Bertz CT molecular complexity index is 292. The molecule has 2 unspecified atom stereocenters. The molecule has 0 amide bonds. The van der Waals surface area contributed by atoms with E-state index in [0.717, 1.165) is 0 Å². The lowest BCUT2D eigenvalue weighted by Crippen LogP contribution is -2.37. The number of hydrogen-bond acceptors (Lipinski definition) is 4. The Labute approximate surface area is 118 Å². The Balaban J connectivity index is 4.23. The van der Waals surface area contributed by atoms with Gasteiger partial charge in [-0.15, -0.1) is 23.2 Å². The number of rotatable bonds is 7. The lowest BCUT2D eigenvalue weighted by atomic mass is 10.1. The van der Waals surface area contributed by atoms with Crippen LogP contribution in [0, 0.1) is 0 Å². The average Bonchev–Trinajstić information content (AvgIpc) is 2.33. The molecule has 0 aliphatic rings. The Morgan fingerprint density at radius 1 is 1.06 bits per heavy atom. The Hall–Kier alpha value is -0.480. The van der Waals surface area contributed by atoms with Crippen LogP contribution in [0.5, 0.6) is 0 Å². The van der Waals surface area contributed by atoms with Crippen LogP contribution in [-0.4, -0.2) is 34.9 Å². The van der Waals surface area contributed by atoms with Crippen LogP contribution in [0.4, 0.5) is 0 Å². The number of carbonyl (C=O) groups excluding carboxylic acids is 2. The van der Waals surface area contributed by atoms with Gasteiger partial charge in [-0.05, 0) is 26.7 Å². The number of carbonyl (C=O) groups is 2. The van der Waals surface area contributed by atoms with Crippen LogP contribution in [0.15, 0.2) is 0 Å². The van der Waals surface area contributed by atoms with Crippen LogP contribution in [0.2, 0.25) is 0 Å². The maximum Gasteiger partial charge on any atom is 0.324 e. The molecular formula is C12H20Cl2O4. The van der Waals surface area contributed by atoms with Gasteiger partial charge >= 0.3 is 11.9 Å². The molecule has 106 valence electrons. The summed E-state index contributed by atoms with van der Waals surface area (Å²) in [4.78, 5) is 22.9. The second kappa shape index (κ2) is 7.85. The zero-order valence-corrected chi connectivity index (χ0v) is 12.7. The second-order valence-corrected chi connectivity index (χ2v) is 5.59. The van der Waals surface area contributed by atoms with Crippen molar-refractivity contribution < 1.29 is 19.1 Å². The quantitative estimate of drug-likeness (QED) is 0.536. The van der Waals surface area contributed by atoms with Gasteiger partial charge in [-0.25, -0.2) is 0 Å². The highest BCUT2D eigenvalue weighted by Gasteiger charge is 2.28. The fourth-order valence-corrected chi connectivity index (χ4v) is 1.14. The largest absolute Gasteiger partial charge is 0.460 e. The molecule has 0 fully saturated rings. The molecule has 0 heterocycles. The molecular weight excluding hydrogens is 279 g/mol. The molecule has 2 atom stereocenters. The summed E-state index contributed by atoms with van der Waals surface area (Å²) in [6.07, 6.45) is 0.968. The van der Waals surface area contributed by atoms with Crippen molar-refractivity contribution in [3.05, 3.63) is 0 Å². The zero-order chi connectivity index (χ0) is 14.3. The molecule has 0 radical (unpaired) electrons. The minimum absolute atomic E-state index is 0.0475. The molecule has 0 aliphatic carbocycles. The normalized spacial score (nSPS) is 14.8. The van der Waals surface area contributed by atoms with Gasteiger partial charge in [-0.3, -0.25) is 9.59 Å². The first kappa shape index (κ1) is 17.5. The zero-order valence-electron chi connectivity index (χ0n) is 11.2. The van der Waals surface area contributed by atoms with E-state index in [4.69, 9.17) is 32.7 Å². The number of esters is 2. The van der Waals surface area contributed by atoms with Gasteiger partial charge in [-0.1, -0.05) is 13.8 Å². The molecule has 0 N–H and O–H groups in total. The van der Waals surface area contributed by atoms with Gasteiger partial charge < -0.3 is 9.47 Å². The predicted octanol–water partition coefficient (Wildman–Crippen LogP) is 2.89. The molecule has 6 heteroatoms. The summed E-state index contributed by atoms with van der Waals surface area (Å²) in [6.45, 7) is 6.81. The number of ether oxygens (including phenoxy) is 2. The van der Waals surface area contributed by atoms with Crippen molar-refractivity contribution in [2.45, 2.75) is 56.9 Å². The van der Waals surface area contributed by atoms with Crippen LogP contribution >= 0.6 is 23.2 Å². The summed E-state index contributed by atoms with van der Waals surface area (Å²) in [5, 5.41) is -1.36. The van der Waals surface area contributed by atoms with E-state index in [1.165, 1.54) is 0 Å². The summed E-state index contributed by atoms with van der Waals surface area (Å²) in [7, 11) is 0. The van der Waals surface area contributed by atoms with E-state index in [0.29, 0.717) is 12.8 Å². The van der Waals surface area contributed by atoms with Crippen molar-refractivity contribution in [1.82, 2.24) is 0 Å². The predicted molar refractivity (Wildman–Crippen MR) is 71.0 cm³/mol. The lowest BCUT2D eigenvalue weighted by Gasteiger charge is -2.26. The van der Waals surface area contributed by atoms with Crippen LogP contribution in [0.1, 0.15) is 40.5 Å². The van der Waals surface area contributed by atoms with Crippen molar-refractivity contribution in [2.24, 2.45) is 0 Å². The van der Waals surface area contributed by atoms with Gasteiger partial charge in [0.05, 0.1) is 0 Å². The molecule has 0 aliphatic heterocycles. The van der Waals surface area contributed by atoms with Gasteiger partial charge in [0.2, 0.25) is 0 Å². The molecule has 0 rings (SSSR count). The first-order valence-electron chi connectivity index (χ1n) is 5.91. The topological polar surface area (TPSA) is 52.6 Å². The molecule has 0 aromatic rings. The van der Waals surface area contributed by atoms with E-state index in [1.54, 1.807) is 27.7 Å². The SMILES string of the molecule is CCC(Cl)C(=O)OCC(C)(C)OC(=O)C(Cl)CC. The standard InChI is InChI=1S/C12H20Cl2O4/c1-5-8(13)10(15)17-7-12(3,4)18-11(16)9(14)6-2/h8-9H,5-7H2,1-4H3. The van der Waals surface area contributed by atoms with Gasteiger partial charge in [-0.2, -0.15) is 0 Å². The second-order valence-electron chi connectivity index (χ2n) is 4.54. The number of alkyl halides is 2. The smallest absolute Gasteiger partial charge is 0.324 e. The van der Waals surface area contributed by atoms with Gasteiger partial charge in [0, 0.05) is 0 Å². The van der Waals surface area contributed by atoms with Crippen LogP contribution < -0.4 is 0 Å². The first-order chi connectivity index (χ1) is 8.23. The third-order valence-corrected chi connectivity index (χ3v) is 3.14. The summed E-state index contributed by atoms with van der Waals surface area (Å²) in [5.41, 5.74) is -0.917. The third kappa shape index (κ3) is 6.45. The molecule has 0 bridgehead atoms. The Morgan fingerprint density at radius 3 is 1.94 bits per heavy atom. The van der Waals surface area contributed by atoms with Crippen LogP contribution in [0.3, 0.4) is 0 Å². The highest BCUT2D eigenvalue weighted by molar-refractivity contribution is 6.30. The number of hydrogen-bond donors (Lipinski definition) is 0. The van der Waals surface area contributed by atoms with Crippen molar-refractivity contribution in [3.63, 3.8) is 0 Å². The summed E-state index contributed by atoms with van der Waals surface area (Å²) >= 11 is 11.5. The summed E-state index contributed by atoms with van der Waals surface area (Å²) in [5.74, 6) is -1.03. The van der Waals surface area contributed by atoms with Crippen molar-refractivity contribution in [1.29, 1.82) is 0 Å². The summed E-state index contributed by atoms with van der Waals surface area (Å²) < 4.78 is 10.1. The van der Waals surface area contributed by atoms with E-state index in [2.05, 4.69) is 0 Å². The maximum atomic E-state index is 11.5. The van der Waals surface area contributed by atoms with Crippen molar-refractivity contribution in [2.75, 3.05) is 6.61 Å². The van der Waals surface area contributed by atoms with Crippen LogP contribution in [0.25, 0.3) is 0 Å². The fourth-order valence-electron chi connectivity index (χ4n) is 1.03. The monoisotopic (exact) mass is 298 g/mol. The minimum atomic E-state index is -0.917. The van der Waals surface area contributed by atoms with E-state index < -0.39 is 28.3 Å². The summed E-state index contributed by atoms with van der Waals surface area (Å²) in [6, 6.07) is 0. The van der Waals surface area contributed by atoms with E-state index in [-0.39, 0.29) is 6.61 Å². The maximum absolute atomic E-state index is 11.5. The van der Waals surface area contributed by atoms with Gasteiger partial charge in [0.1, 0.15) is 23.0 Å². The van der Waals surface area contributed by atoms with Gasteiger partial charge in [0.15, 0.2) is 0 Å². The van der Waals surface area contributed by atoms with E-state index in [9.17, 15) is 9.59 Å². The molecule has 0 saturated carbocycles. The number of halogens is 2. The van der Waals surface area contributed by atoms with Crippen molar-refractivity contribution in [3.8, 4) is 0 Å². The molecule has 18 heavy (non-hydrogen) atoms. The molecule has 0 spiro atoms. The van der Waals surface area contributed by atoms with Crippen molar-refractivity contribution >= 4 is 35.1 Å². The first-order valence-corrected chi connectivity index (χ1v) is 6.78. The molecule has 0 aromatic carbocycles. The van der Waals surface area contributed by atoms with Crippen LogP contribution in [-0.2, 0) is 19.1 Å². The highest BCUT2D eigenvalue weighted by Crippen LogP contribution is 2.15. The Kier molecular flexibility index (Phi) is 7.64. The molecule has 0 aromatic heterocycles. The average molecular weight is 299 g/mol. The molecule has 4 nitrogen and oxygen atoms in total. The van der Waals surface area contributed by atoms with Gasteiger partial charge in [0.25, 0.3) is 0 Å². The lowest BCUT2D eigenvalue weighted by molar-refractivity contribution is -0.168. The fraction of sp³-hybridized carbons (Fsp3) is 0.833. The minimum Gasteiger partial charge on any atom is -0.460 e. The van der Waals surface area contributed by atoms with E-state index in [1.807, 2.05) is 0 Å².